The number of benzene rings is 12. The predicted molar refractivity (Wildman–Crippen MR) is 440 cm³/mol. The molecular weight excluding hydrogens is 1730 g/mol. The third-order valence-corrected chi connectivity index (χ3v) is 19.3. The van der Waals surface area contributed by atoms with E-state index >= 15 is 0 Å². The minimum atomic E-state index is 0. The van der Waals surface area contributed by atoms with Gasteiger partial charge in [-0.25, -0.2) is 69.8 Å². The van der Waals surface area contributed by atoms with Gasteiger partial charge in [0.2, 0.25) is 0 Å². The number of hydrogen-bond acceptors (Lipinski definition) is 0. The van der Waals surface area contributed by atoms with Crippen LogP contribution in [0.1, 0.15) is 211 Å². The number of hydrogen-bond donors (Lipinski definition) is 0. The Morgan fingerprint density at radius 3 is 0.642 bits per heavy atom. The first-order valence-electron chi connectivity index (χ1n) is 36.6. The first-order chi connectivity index (χ1) is 48.6. The molecule has 0 bridgehead atoms. The largest absolute Gasteiger partial charge is 0.344 e. The Balaban J connectivity index is 0.000000629. The van der Waals surface area contributed by atoms with E-state index in [9.17, 15) is 0 Å². The van der Waals surface area contributed by atoms with E-state index in [2.05, 4.69) is 277 Å². The van der Waals surface area contributed by atoms with Crippen molar-refractivity contribution in [1.82, 2.24) is 0 Å². The van der Waals surface area contributed by atoms with Gasteiger partial charge in [-0.05, 0) is 38.5 Å². The van der Waals surface area contributed by atoms with Gasteiger partial charge in [-0.2, -0.15) is 36.4 Å². The van der Waals surface area contributed by atoms with Crippen LogP contribution in [0.3, 0.4) is 0 Å². The van der Waals surface area contributed by atoms with Crippen molar-refractivity contribution in [3.05, 3.63) is 321 Å². The Morgan fingerprint density at radius 2 is 0.462 bits per heavy atom. The van der Waals surface area contributed by atoms with Crippen molar-refractivity contribution in [3.63, 3.8) is 0 Å². The van der Waals surface area contributed by atoms with Crippen LogP contribution >= 0.6 is 0 Å². The molecule has 0 saturated heterocycles. The zero-order chi connectivity index (χ0) is 72.4. The van der Waals surface area contributed by atoms with Gasteiger partial charge in [-0.15, -0.1) is 60.0 Å². The van der Waals surface area contributed by atoms with Crippen LogP contribution in [-0.2, 0) is 273 Å². The van der Waals surface area contributed by atoms with Crippen LogP contribution in [0.15, 0.2) is 146 Å². The summed E-state index contributed by atoms with van der Waals surface area (Å²) in [5.74, 6) is 0. The second-order valence-electron chi connectivity index (χ2n) is 25.1. The van der Waals surface area contributed by atoms with Crippen LogP contribution in [0.25, 0.3) is 100 Å². The van der Waals surface area contributed by atoms with Crippen LogP contribution in [0.5, 0.6) is 0 Å². The van der Waals surface area contributed by atoms with Crippen LogP contribution in [-0.4, -0.2) is 0 Å². The molecule has 0 amide bonds. The quantitative estimate of drug-likeness (QED) is 0.0751. The smallest absolute Gasteiger partial charge is 0 e. The van der Waals surface area contributed by atoms with Crippen molar-refractivity contribution in [1.29, 1.82) is 0 Å². The van der Waals surface area contributed by atoms with E-state index in [0.717, 1.165) is 110 Å². The zero-order valence-corrected chi connectivity index (χ0v) is 83.5. The molecule has 6 radical (unpaired) electrons. The monoisotopic (exact) mass is 1840 g/mol. The number of rotatable bonds is 18. The average molecular weight is 1840 g/mol. The normalized spacial score (nSPS) is 10.3. The van der Waals surface area contributed by atoms with Crippen LogP contribution in [0.4, 0.5) is 0 Å². The molecule has 0 aromatic heterocycles. The molecule has 0 heterocycles. The first kappa shape index (κ1) is 101. The maximum Gasteiger partial charge on any atom is 0 e. The summed E-state index contributed by atoms with van der Waals surface area (Å²) in [5.41, 5.74) is 24.6. The van der Waals surface area contributed by atoms with Gasteiger partial charge in [-0.1, -0.05) is 297 Å². The van der Waals surface area contributed by atoms with Gasteiger partial charge in [0.25, 0.3) is 0 Å². The topological polar surface area (TPSA) is 0 Å². The third kappa shape index (κ3) is 25.1. The number of allylic oxidation sites excluding steroid dienone is 4. The van der Waals surface area contributed by atoms with Crippen LogP contribution in [0, 0.1) is 74.9 Å². The number of aryl methyl sites for hydroxylation is 12. The molecule has 0 aliphatic carbocycles. The van der Waals surface area contributed by atoms with Crippen molar-refractivity contribution in [2.45, 2.75) is 188 Å². The summed E-state index contributed by atoms with van der Waals surface area (Å²) in [6, 6.07) is 71.7. The molecule has 0 fully saturated rings. The molecule has 12 rings (SSSR count). The van der Waals surface area contributed by atoms with Gasteiger partial charge in [0.05, 0.1) is 0 Å². The van der Waals surface area contributed by atoms with Gasteiger partial charge < -0.3 is 96.2 Å². The van der Waals surface area contributed by atoms with E-state index in [1.807, 2.05) is 39.8 Å². The van der Waals surface area contributed by atoms with Crippen molar-refractivity contribution < 1.29 is 196 Å². The van der Waals surface area contributed by atoms with E-state index in [-0.39, 0.29) is 196 Å². The molecule has 0 nitrogen and oxygen atoms in total. The Hall–Kier alpha value is -2.74. The van der Waals surface area contributed by atoms with Gasteiger partial charge >= 0.3 is 0 Å². The van der Waals surface area contributed by atoms with Gasteiger partial charge in [-0.3, -0.25) is 11.1 Å². The van der Waals surface area contributed by atoms with Crippen LogP contribution < -0.4 is 0 Å². The second kappa shape index (κ2) is 52.5. The zero-order valence-electron chi connectivity index (χ0n) is 66.4. The molecule has 0 spiro atoms. The molecule has 0 aliphatic rings. The van der Waals surface area contributed by atoms with E-state index in [1.54, 1.807) is 12.2 Å². The molecule has 0 saturated carbocycles. The van der Waals surface area contributed by atoms with Crippen molar-refractivity contribution in [2.75, 3.05) is 0 Å². The molecule has 534 valence electrons. The summed E-state index contributed by atoms with van der Waals surface area (Å²) in [5, 5.41) is 16.0. The Bertz CT molecular complexity index is 4580. The summed E-state index contributed by atoms with van der Waals surface area (Å²) >= 11 is 0. The predicted octanol–water partition coefficient (Wildman–Crippen LogP) is 26.8. The summed E-state index contributed by atoms with van der Waals surface area (Å²) in [6.07, 6.45) is 25.9. The van der Waals surface area contributed by atoms with Gasteiger partial charge in [0.15, 0.2) is 0 Å². The Kier molecular flexibility index (Phi) is 50.2. The van der Waals surface area contributed by atoms with Gasteiger partial charge in [0.1, 0.15) is 0 Å². The molecule has 106 heavy (non-hydrogen) atoms. The molecular formula is C100H104Y6-12. The van der Waals surface area contributed by atoms with E-state index < -0.39 is 0 Å². The molecule has 6 heteroatoms. The fraction of sp³-hybridized carbons (Fsp3) is 0.280. The molecule has 12 aromatic carbocycles. The molecule has 12 aromatic rings. The maximum absolute atomic E-state index is 5.94. The van der Waals surface area contributed by atoms with E-state index in [1.165, 1.54) is 143 Å². The second-order valence-corrected chi connectivity index (χ2v) is 25.1. The summed E-state index contributed by atoms with van der Waals surface area (Å²) in [4.78, 5) is 0. The average Bonchev–Trinajstić information content (AvgIpc) is 0.840. The Labute approximate surface area is 793 Å². The molecule has 0 aliphatic heterocycles. The minimum absolute atomic E-state index is 0. The molecule has 0 unspecified atom stereocenters. The van der Waals surface area contributed by atoms with E-state index in [4.69, 9.17) is 26.3 Å². The molecule has 0 atom stereocenters. The minimum Gasteiger partial charge on any atom is -0.344 e. The van der Waals surface area contributed by atoms with Crippen molar-refractivity contribution in [2.24, 2.45) is 0 Å². The van der Waals surface area contributed by atoms with Crippen molar-refractivity contribution in [3.8, 4) is 0 Å². The summed E-state index contributed by atoms with van der Waals surface area (Å²) in [6.45, 7) is 57.1. The Morgan fingerprint density at radius 1 is 0.274 bits per heavy atom. The van der Waals surface area contributed by atoms with E-state index in [0.29, 0.717) is 0 Å². The fourth-order valence-corrected chi connectivity index (χ4v) is 14.2. The van der Waals surface area contributed by atoms with Crippen LogP contribution in [0.2, 0.25) is 0 Å². The standard InChI is InChI=1S/4C17H18.2C16H16.6Y/c2*1-5-13-8-7-9-17-14(6-2)15(12(3)4)10-11-16(13)17;2*1-4-8-14-11-12-16-13(5-2)9-7-10-17(16)15(14)6-3;2*1-4-12-8-7-9-16-14(6-3)13(5-2)10-11-15(12)16;;;;;;/h2*3,7-9,11H,5-6H2,1-2,4H3;2*7-10,12H,5-6H2,1-3H3;2*2,5,7-9,11H,4,6H2,1,3H3;;;;;;/q6*-2;;;;;;. The fourth-order valence-electron chi connectivity index (χ4n) is 14.2. The van der Waals surface area contributed by atoms with Crippen molar-refractivity contribution >= 4 is 100 Å². The number of fused-ring (bicyclic) bond motifs is 6. The summed E-state index contributed by atoms with van der Waals surface area (Å²) in [7, 11) is 0. The third-order valence-electron chi connectivity index (χ3n) is 19.3. The van der Waals surface area contributed by atoms with Gasteiger partial charge in [0, 0.05) is 196 Å². The SMILES string of the molecule is C[C-]=Cc1[c-]cc2c(CC)cccc2c1CC.C[C-]=Cc1[c-]cc2c(CC)cccc2c1CC.[CH-]=C(C)c1[c-]cc2c(CC)cccc2c1CC.[CH-]=C(C)c1[c-]cc2c(CC)cccc2c1CC.[CH-]=Cc1[c-]cc2c(CC)cccc2c1CC.[CH-]=Cc1[c-]cc2c(CC)cccc2c1CC.[Y].[Y].[Y].[Y].[Y].[Y]. The summed E-state index contributed by atoms with van der Waals surface area (Å²) < 4.78 is 0. The maximum atomic E-state index is 5.94. The molecule has 0 N–H and O–H groups in total. The first-order valence-corrected chi connectivity index (χ1v) is 36.6.